The van der Waals surface area contributed by atoms with Crippen molar-refractivity contribution in [2.45, 2.75) is 12.8 Å². The number of phenolic OH excluding ortho intramolecular Hbond substituents is 2. The number of aromatic hydroxyl groups is 2. The summed E-state index contributed by atoms with van der Waals surface area (Å²) in [5.41, 5.74) is -0.0123. The van der Waals surface area contributed by atoms with E-state index in [1.807, 2.05) is 0 Å². The third-order valence-electron chi connectivity index (χ3n) is 3.42. The molecule has 20 heavy (non-hydrogen) atoms. The highest BCUT2D eigenvalue weighted by atomic mass is 16.3. The average molecular weight is 278 g/mol. The van der Waals surface area contributed by atoms with Gasteiger partial charge in [-0.2, -0.15) is 0 Å². The van der Waals surface area contributed by atoms with E-state index in [0.29, 0.717) is 0 Å². The zero-order chi connectivity index (χ0) is 14.7. The molecule has 0 spiro atoms. The fraction of sp³-hybridized carbons (Fsp3) is 0.429. The Labute approximate surface area is 117 Å². The molecule has 1 aromatic carbocycles. The quantitative estimate of drug-likeness (QED) is 0.801. The first-order valence-electron chi connectivity index (χ1n) is 6.55. The minimum atomic E-state index is -0.494. The zero-order valence-corrected chi connectivity index (χ0v) is 11.4. The minimum absolute atomic E-state index is 0.0123. The lowest BCUT2D eigenvalue weighted by atomic mass is 10.1. The molecule has 2 N–H and O–H groups in total. The third-order valence-corrected chi connectivity index (χ3v) is 3.42. The first-order valence-corrected chi connectivity index (χ1v) is 6.55. The second kappa shape index (κ2) is 5.81. The Balaban J connectivity index is 2.04. The number of nitrogens with zero attached hydrogens (tertiary/aromatic N) is 2. The minimum Gasteiger partial charge on any atom is -0.504 e. The van der Waals surface area contributed by atoms with E-state index >= 15 is 0 Å². The van der Waals surface area contributed by atoms with Gasteiger partial charge in [0.15, 0.2) is 11.5 Å². The first kappa shape index (κ1) is 14.2. The van der Waals surface area contributed by atoms with Gasteiger partial charge in [-0.25, -0.2) is 0 Å². The Kier molecular flexibility index (Phi) is 4.12. The monoisotopic (exact) mass is 278 g/mol. The van der Waals surface area contributed by atoms with Crippen LogP contribution in [0.3, 0.4) is 0 Å². The molecule has 1 heterocycles. The Morgan fingerprint density at radius 1 is 1.25 bits per heavy atom. The summed E-state index contributed by atoms with van der Waals surface area (Å²) in [5, 5.41) is 19.1. The van der Waals surface area contributed by atoms with Crippen molar-refractivity contribution in [1.29, 1.82) is 0 Å². The summed E-state index contributed by atoms with van der Waals surface area (Å²) in [6, 6.07) is 4.17. The number of amides is 2. The summed E-state index contributed by atoms with van der Waals surface area (Å²) in [5.74, 6) is -1.41. The number of phenols is 2. The molecule has 1 aliphatic heterocycles. The molecule has 1 fully saturated rings. The molecular weight excluding hydrogens is 260 g/mol. The molecule has 0 unspecified atom stereocenters. The summed E-state index contributed by atoms with van der Waals surface area (Å²) < 4.78 is 0. The number of hydrogen-bond acceptors (Lipinski definition) is 4. The summed E-state index contributed by atoms with van der Waals surface area (Å²) in [4.78, 5) is 27.1. The van der Waals surface area contributed by atoms with Crippen LogP contribution in [0.15, 0.2) is 18.2 Å². The number of rotatable bonds is 3. The predicted molar refractivity (Wildman–Crippen MR) is 72.5 cm³/mol. The fourth-order valence-corrected chi connectivity index (χ4v) is 2.25. The van der Waals surface area contributed by atoms with Gasteiger partial charge in [-0.3, -0.25) is 9.59 Å². The van der Waals surface area contributed by atoms with Crippen LogP contribution >= 0.6 is 0 Å². The summed E-state index contributed by atoms with van der Waals surface area (Å²) >= 11 is 0. The van der Waals surface area contributed by atoms with Crippen LogP contribution in [-0.2, 0) is 4.79 Å². The van der Waals surface area contributed by atoms with E-state index in [0.717, 1.165) is 25.9 Å². The lowest BCUT2D eigenvalue weighted by molar-refractivity contribution is -0.130. The molecule has 0 aliphatic carbocycles. The standard InChI is InChI=1S/C14H18N2O4/c1-15(9-12(18)16-7-2-3-8-16)14(20)10-5-4-6-11(17)13(10)19/h4-6,17,19H,2-3,7-9H2,1H3. The van der Waals surface area contributed by atoms with Crippen LogP contribution in [0.5, 0.6) is 11.5 Å². The molecule has 108 valence electrons. The van der Waals surface area contributed by atoms with E-state index in [9.17, 15) is 19.8 Å². The van der Waals surface area contributed by atoms with Crippen LogP contribution in [0.2, 0.25) is 0 Å². The van der Waals surface area contributed by atoms with Gasteiger partial charge < -0.3 is 20.0 Å². The van der Waals surface area contributed by atoms with Gasteiger partial charge in [-0.15, -0.1) is 0 Å². The molecule has 2 rings (SSSR count). The topological polar surface area (TPSA) is 81.1 Å². The van der Waals surface area contributed by atoms with Gasteiger partial charge in [0.05, 0.1) is 12.1 Å². The molecule has 0 aromatic heterocycles. The number of benzene rings is 1. The molecular formula is C14H18N2O4. The second-order valence-corrected chi connectivity index (χ2v) is 4.92. The van der Waals surface area contributed by atoms with Crippen molar-refractivity contribution in [1.82, 2.24) is 9.80 Å². The van der Waals surface area contributed by atoms with Crippen molar-refractivity contribution in [2.24, 2.45) is 0 Å². The summed E-state index contributed by atoms with van der Waals surface area (Å²) in [6.45, 7) is 1.43. The van der Waals surface area contributed by atoms with Crippen LogP contribution in [0.25, 0.3) is 0 Å². The zero-order valence-electron chi connectivity index (χ0n) is 11.4. The van der Waals surface area contributed by atoms with E-state index in [1.165, 1.54) is 30.1 Å². The van der Waals surface area contributed by atoms with Gasteiger partial charge in [0.1, 0.15) is 0 Å². The van der Waals surface area contributed by atoms with Crippen LogP contribution < -0.4 is 0 Å². The number of carbonyl (C=O) groups excluding carboxylic acids is 2. The van der Waals surface area contributed by atoms with Crippen molar-refractivity contribution >= 4 is 11.8 Å². The average Bonchev–Trinajstić information content (AvgIpc) is 2.95. The van der Waals surface area contributed by atoms with E-state index in [2.05, 4.69) is 0 Å². The van der Waals surface area contributed by atoms with Gasteiger partial charge in [0.25, 0.3) is 5.91 Å². The van der Waals surface area contributed by atoms with Crippen LogP contribution in [-0.4, -0.2) is 58.5 Å². The molecule has 0 radical (unpaired) electrons. The van der Waals surface area contributed by atoms with Crippen LogP contribution in [0, 0.1) is 0 Å². The lowest BCUT2D eigenvalue weighted by Crippen LogP contribution is -2.39. The number of para-hydroxylation sites is 1. The Bertz CT molecular complexity index is 524. The maximum atomic E-state index is 12.2. The largest absolute Gasteiger partial charge is 0.504 e. The maximum Gasteiger partial charge on any atom is 0.257 e. The van der Waals surface area contributed by atoms with Crippen molar-refractivity contribution in [3.05, 3.63) is 23.8 Å². The number of likely N-dealkylation sites (N-methyl/N-ethyl adjacent to an activating group) is 1. The van der Waals surface area contributed by atoms with E-state index < -0.39 is 11.7 Å². The Hall–Kier alpha value is -2.24. The molecule has 6 nitrogen and oxygen atoms in total. The molecule has 1 saturated heterocycles. The van der Waals surface area contributed by atoms with E-state index in [1.54, 1.807) is 4.90 Å². The van der Waals surface area contributed by atoms with Crippen molar-refractivity contribution in [3.8, 4) is 11.5 Å². The van der Waals surface area contributed by atoms with E-state index in [-0.39, 0.29) is 23.8 Å². The second-order valence-electron chi connectivity index (χ2n) is 4.92. The number of hydrogen-bond donors (Lipinski definition) is 2. The predicted octanol–water partition coefficient (Wildman–Crippen LogP) is 0.792. The highest BCUT2D eigenvalue weighted by Crippen LogP contribution is 2.28. The summed E-state index contributed by atoms with van der Waals surface area (Å²) in [6.07, 6.45) is 1.99. The SMILES string of the molecule is CN(CC(=O)N1CCCC1)C(=O)c1cccc(O)c1O. The normalized spacial score (nSPS) is 14.3. The van der Waals surface area contributed by atoms with E-state index in [4.69, 9.17) is 0 Å². The molecule has 0 atom stereocenters. The fourth-order valence-electron chi connectivity index (χ4n) is 2.25. The van der Waals surface area contributed by atoms with Gasteiger partial charge in [-0.1, -0.05) is 6.07 Å². The van der Waals surface area contributed by atoms with Crippen molar-refractivity contribution < 1.29 is 19.8 Å². The molecule has 0 bridgehead atoms. The van der Waals surface area contributed by atoms with Gasteiger partial charge in [0.2, 0.25) is 5.91 Å². The Morgan fingerprint density at radius 2 is 1.90 bits per heavy atom. The molecule has 1 aromatic rings. The molecule has 2 amide bonds. The van der Waals surface area contributed by atoms with Crippen LogP contribution in [0.4, 0.5) is 0 Å². The van der Waals surface area contributed by atoms with Gasteiger partial charge >= 0.3 is 0 Å². The first-order chi connectivity index (χ1) is 9.50. The lowest BCUT2D eigenvalue weighted by Gasteiger charge is -2.21. The van der Waals surface area contributed by atoms with Gasteiger partial charge in [0, 0.05) is 20.1 Å². The number of likely N-dealkylation sites (tertiary alicyclic amines) is 1. The highest BCUT2D eigenvalue weighted by Gasteiger charge is 2.23. The van der Waals surface area contributed by atoms with Crippen LogP contribution in [0.1, 0.15) is 23.2 Å². The number of carbonyl (C=O) groups is 2. The Morgan fingerprint density at radius 3 is 2.55 bits per heavy atom. The molecule has 1 aliphatic rings. The highest BCUT2D eigenvalue weighted by molar-refractivity contribution is 5.99. The van der Waals surface area contributed by atoms with Crippen molar-refractivity contribution in [2.75, 3.05) is 26.7 Å². The third kappa shape index (κ3) is 2.84. The van der Waals surface area contributed by atoms with Gasteiger partial charge in [-0.05, 0) is 25.0 Å². The molecule has 0 saturated carbocycles. The van der Waals surface area contributed by atoms with Crippen molar-refractivity contribution in [3.63, 3.8) is 0 Å². The smallest absolute Gasteiger partial charge is 0.257 e. The maximum absolute atomic E-state index is 12.2. The molecule has 6 heteroatoms. The summed E-state index contributed by atoms with van der Waals surface area (Å²) in [7, 11) is 1.50.